The molecular formula is C19H21N5O5. The van der Waals surface area contributed by atoms with E-state index in [0.29, 0.717) is 6.54 Å². The summed E-state index contributed by atoms with van der Waals surface area (Å²) >= 11 is 0. The van der Waals surface area contributed by atoms with Gasteiger partial charge in [-0.05, 0) is 12.5 Å². The van der Waals surface area contributed by atoms with Gasteiger partial charge in [0.15, 0.2) is 17.8 Å². The molecule has 1 amide bonds. The zero-order valence-corrected chi connectivity index (χ0v) is 16.3. The Morgan fingerprint density at radius 3 is 2.48 bits per heavy atom. The fourth-order valence-electron chi connectivity index (χ4n) is 2.81. The Morgan fingerprint density at radius 2 is 1.79 bits per heavy atom. The summed E-state index contributed by atoms with van der Waals surface area (Å²) in [5.41, 5.74) is 1.25. The van der Waals surface area contributed by atoms with Gasteiger partial charge in [0.2, 0.25) is 0 Å². The van der Waals surface area contributed by atoms with E-state index in [-0.39, 0.29) is 17.7 Å². The third-order valence-electron chi connectivity index (χ3n) is 4.49. The molecule has 0 aliphatic carbocycles. The van der Waals surface area contributed by atoms with Crippen LogP contribution in [-0.2, 0) is 41.5 Å². The number of nitrogens with one attached hydrogen (secondary N) is 1. The van der Waals surface area contributed by atoms with Crippen molar-refractivity contribution in [2.75, 3.05) is 6.61 Å². The van der Waals surface area contributed by atoms with Crippen LogP contribution in [0.2, 0.25) is 0 Å². The molecule has 1 aromatic carbocycles. The largest absolute Gasteiger partial charge is 0.454 e. The van der Waals surface area contributed by atoms with Crippen molar-refractivity contribution >= 4 is 23.0 Å². The Balaban J connectivity index is 1.60. The van der Waals surface area contributed by atoms with E-state index in [1.54, 1.807) is 0 Å². The summed E-state index contributed by atoms with van der Waals surface area (Å²) in [7, 11) is 2.83. The number of benzene rings is 1. The number of rotatable bonds is 6. The Labute approximate surface area is 165 Å². The Kier molecular flexibility index (Phi) is 5.62. The number of aryl methyl sites for hydroxylation is 2. The molecular weight excluding hydrogens is 378 g/mol. The first-order valence-electron chi connectivity index (χ1n) is 8.86. The molecule has 152 valence electrons. The number of amides is 1. The normalized spacial score (nSPS) is 10.9. The number of aromatic nitrogens is 4. The molecule has 10 heteroatoms. The average Bonchev–Trinajstić information content (AvgIpc) is 3.12. The highest BCUT2D eigenvalue weighted by Gasteiger charge is 2.17. The lowest BCUT2D eigenvalue weighted by molar-refractivity contribution is -0.149. The van der Waals surface area contributed by atoms with E-state index in [9.17, 15) is 19.2 Å². The zero-order chi connectivity index (χ0) is 21.1. The van der Waals surface area contributed by atoms with E-state index < -0.39 is 29.7 Å². The molecule has 0 spiro atoms. The molecule has 10 nitrogen and oxygen atoms in total. The summed E-state index contributed by atoms with van der Waals surface area (Å²) in [6, 6.07) is 7.69. The maximum atomic E-state index is 12.3. The van der Waals surface area contributed by atoms with E-state index in [0.717, 1.165) is 15.7 Å². The molecule has 2 aromatic heterocycles. The lowest BCUT2D eigenvalue weighted by Gasteiger charge is -2.08. The van der Waals surface area contributed by atoms with Crippen LogP contribution >= 0.6 is 0 Å². The van der Waals surface area contributed by atoms with Gasteiger partial charge in [0.25, 0.3) is 11.5 Å². The van der Waals surface area contributed by atoms with Crippen molar-refractivity contribution in [1.29, 1.82) is 0 Å². The van der Waals surface area contributed by atoms with Crippen LogP contribution in [-0.4, -0.2) is 37.2 Å². The van der Waals surface area contributed by atoms with Gasteiger partial charge < -0.3 is 14.6 Å². The van der Waals surface area contributed by atoms with Gasteiger partial charge in [0, 0.05) is 20.6 Å². The molecule has 2 heterocycles. The van der Waals surface area contributed by atoms with Gasteiger partial charge in [-0.25, -0.2) is 9.78 Å². The first-order chi connectivity index (χ1) is 13.8. The molecule has 3 rings (SSSR count). The predicted molar refractivity (Wildman–Crippen MR) is 104 cm³/mol. The van der Waals surface area contributed by atoms with Crippen molar-refractivity contribution in [1.82, 2.24) is 24.0 Å². The van der Waals surface area contributed by atoms with Crippen LogP contribution in [0.4, 0.5) is 0 Å². The first-order valence-corrected chi connectivity index (χ1v) is 8.86. The smallest absolute Gasteiger partial charge is 0.332 e. The van der Waals surface area contributed by atoms with E-state index in [4.69, 9.17) is 4.74 Å². The minimum Gasteiger partial charge on any atom is -0.454 e. The third-order valence-corrected chi connectivity index (χ3v) is 4.49. The fourth-order valence-corrected chi connectivity index (χ4v) is 2.81. The van der Waals surface area contributed by atoms with Crippen LogP contribution in [0.3, 0.4) is 0 Å². The Bertz CT molecular complexity index is 1190. The number of hydrogen-bond acceptors (Lipinski definition) is 6. The maximum Gasteiger partial charge on any atom is 0.332 e. The van der Waals surface area contributed by atoms with Gasteiger partial charge in [-0.3, -0.25) is 23.5 Å². The second kappa shape index (κ2) is 8.13. The van der Waals surface area contributed by atoms with Gasteiger partial charge in [0.1, 0.15) is 6.54 Å². The van der Waals surface area contributed by atoms with Crippen LogP contribution in [0.5, 0.6) is 0 Å². The van der Waals surface area contributed by atoms with E-state index >= 15 is 0 Å². The summed E-state index contributed by atoms with van der Waals surface area (Å²) in [5.74, 6) is -1.14. The number of ether oxygens (including phenoxy) is 1. The minimum absolute atomic E-state index is 0.107. The van der Waals surface area contributed by atoms with Gasteiger partial charge in [-0.1, -0.05) is 29.8 Å². The highest BCUT2D eigenvalue weighted by Crippen LogP contribution is 2.06. The number of esters is 1. The van der Waals surface area contributed by atoms with Crippen LogP contribution in [0, 0.1) is 6.92 Å². The molecule has 29 heavy (non-hydrogen) atoms. The fraction of sp³-hybridized carbons (Fsp3) is 0.316. The molecule has 3 aromatic rings. The van der Waals surface area contributed by atoms with E-state index in [1.807, 2.05) is 31.2 Å². The van der Waals surface area contributed by atoms with Crippen molar-refractivity contribution < 1.29 is 14.3 Å². The quantitative estimate of drug-likeness (QED) is 0.564. The van der Waals surface area contributed by atoms with Crippen LogP contribution in [0.1, 0.15) is 11.1 Å². The van der Waals surface area contributed by atoms with Gasteiger partial charge in [-0.15, -0.1) is 0 Å². The van der Waals surface area contributed by atoms with Gasteiger partial charge >= 0.3 is 11.7 Å². The molecule has 1 N–H and O–H groups in total. The number of hydrogen-bond donors (Lipinski definition) is 1. The van der Waals surface area contributed by atoms with E-state index in [1.165, 1.54) is 29.6 Å². The van der Waals surface area contributed by atoms with Crippen molar-refractivity contribution in [3.05, 3.63) is 62.6 Å². The molecule has 0 fully saturated rings. The molecule has 0 unspecified atom stereocenters. The highest BCUT2D eigenvalue weighted by atomic mass is 16.5. The lowest BCUT2D eigenvalue weighted by atomic mass is 10.1. The third kappa shape index (κ3) is 4.26. The SMILES string of the molecule is Cc1ccc(CNC(=O)COC(=O)Cn2cnc3c2c(=O)n(C)c(=O)n3C)cc1. The van der Waals surface area contributed by atoms with Crippen molar-refractivity contribution in [2.45, 2.75) is 20.0 Å². The molecule has 0 saturated heterocycles. The predicted octanol–water partition coefficient (Wildman–Crippen LogP) is -0.398. The van der Waals surface area contributed by atoms with E-state index in [2.05, 4.69) is 10.3 Å². The maximum absolute atomic E-state index is 12.3. The standard InChI is InChI=1S/C19H21N5O5/c1-12-4-6-13(7-5-12)8-20-14(25)10-29-15(26)9-24-11-21-17-16(24)18(27)23(3)19(28)22(17)2/h4-7,11H,8-10H2,1-3H3,(H,20,25). The number of imidazole rings is 1. The number of carbonyl (C=O) groups is 2. The molecule has 0 radical (unpaired) electrons. The van der Waals surface area contributed by atoms with Gasteiger partial charge in [-0.2, -0.15) is 0 Å². The number of nitrogens with zero attached hydrogens (tertiary/aromatic N) is 4. The summed E-state index contributed by atoms with van der Waals surface area (Å²) in [5, 5.41) is 2.67. The molecule has 0 bridgehead atoms. The minimum atomic E-state index is -0.703. The second-order valence-corrected chi connectivity index (χ2v) is 6.67. The van der Waals surface area contributed by atoms with Crippen molar-refractivity contribution in [3.63, 3.8) is 0 Å². The number of fused-ring (bicyclic) bond motifs is 1. The van der Waals surface area contributed by atoms with Crippen LogP contribution in [0.15, 0.2) is 40.2 Å². The second-order valence-electron chi connectivity index (χ2n) is 6.67. The lowest BCUT2D eigenvalue weighted by Crippen LogP contribution is -2.37. The molecule has 0 atom stereocenters. The summed E-state index contributed by atoms with van der Waals surface area (Å²) in [4.78, 5) is 52.3. The Morgan fingerprint density at radius 1 is 1.10 bits per heavy atom. The number of carbonyl (C=O) groups excluding carboxylic acids is 2. The molecule has 0 aliphatic rings. The zero-order valence-electron chi connectivity index (χ0n) is 16.3. The highest BCUT2D eigenvalue weighted by molar-refractivity contribution is 5.81. The topological polar surface area (TPSA) is 117 Å². The average molecular weight is 399 g/mol. The molecule has 0 saturated carbocycles. The first kappa shape index (κ1) is 20.1. The van der Waals surface area contributed by atoms with Crippen molar-refractivity contribution in [3.8, 4) is 0 Å². The molecule has 0 aliphatic heterocycles. The summed E-state index contributed by atoms with van der Waals surface area (Å²) in [6.45, 7) is 1.55. The van der Waals surface area contributed by atoms with Crippen molar-refractivity contribution in [2.24, 2.45) is 14.1 Å². The van der Waals surface area contributed by atoms with Crippen LogP contribution < -0.4 is 16.6 Å². The monoisotopic (exact) mass is 399 g/mol. The summed E-state index contributed by atoms with van der Waals surface area (Å²) in [6.07, 6.45) is 1.28. The van der Waals surface area contributed by atoms with Crippen LogP contribution in [0.25, 0.3) is 11.2 Å². The Hall–Kier alpha value is -3.69. The summed E-state index contributed by atoms with van der Waals surface area (Å²) < 4.78 is 8.43. The van der Waals surface area contributed by atoms with Gasteiger partial charge in [0.05, 0.1) is 6.33 Å².